The molecule has 0 saturated heterocycles. The van der Waals surface area contributed by atoms with Gasteiger partial charge in [-0.2, -0.15) is 0 Å². The van der Waals surface area contributed by atoms with Gasteiger partial charge < -0.3 is 10.5 Å². The standard InChI is InChI=1S/C16H17BrClNO/c1-2-9-20-15-8-7-11(10-13(15)17)16(19)12-5-3-4-6-14(12)18/h3-8,10,16H,2,9,19H2,1H3. The maximum absolute atomic E-state index is 6.29. The zero-order valence-electron chi connectivity index (χ0n) is 11.3. The van der Waals surface area contributed by atoms with Crippen LogP contribution >= 0.6 is 27.5 Å². The van der Waals surface area contributed by atoms with E-state index >= 15 is 0 Å². The lowest BCUT2D eigenvalue weighted by Gasteiger charge is -2.16. The zero-order chi connectivity index (χ0) is 14.5. The summed E-state index contributed by atoms with van der Waals surface area (Å²) in [5.74, 6) is 0.835. The molecule has 2 nitrogen and oxygen atoms in total. The summed E-state index contributed by atoms with van der Waals surface area (Å²) in [6, 6.07) is 13.3. The van der Waals surface area contributed by atoms with Crippen LogP contribution in [0.5, 0.6) is 5.75 Å². The Balaban J connectivity index is 2.25. The summed E-state index contributed by atoms with van der Waals surface area (Å²) in [5, 5.41) is 0.683. The van der Waals surface area contributed by atoms with E-state index in [9.17, 15) is 0 Å². The maximum Gasteiger partial charge on any atom is 0.133 e. The summed E-state index contributed by atoms with van der Waals surface area (Å²) in [6.45, 7) is 2.78. The van der Waals surface area contributed by atoms with Crippen molar-refractivity contribution in [2.24, 2.45) is 5.73 Å². The van der Waals surface area contributed by atoms with Crippen LogP contribution in [0.25, 0.3) is 0 Å². The summed E-state index contributed by atoms with van der Waals surface area (Å²) in [7, 11) is 0. The van der Waals surface area contributed by atoms with Gasteiger partial charge in [0.15, 0.2) is 0 Å². The SMILES string of the molecule is CCCOc1ccc(C(N)c2ccccc2Cl)cc1Br. The second-order valence-corrected chi connectivity index (χ2v) is 5.80. The third kappa shape index (κ3) is 3.54. The van der Waals surface area contributed by atoms with Crippen molar-refractivity contribution in [3.8, 4) is 5.75 Å². The molecule has 0 saturated carbocycles. The summed E-state index contributed by atoms with van der Waals surface area (Å²) >= 11 is 9.72. The molecule has 2 aromatic carbocycles. The van der Waals surface area contributed by atoms with Crippen molar-refractivity contribution in [2.75, 3.05) is 6.61 Å². The van der Waals surface area contributed by atoms with Gasteiger partial charge in [0.25, 0.3) is 0 Å². The van der Waals surface area contributed by atoms with E-state index in [-0.39, 0.29) is 6.04 Å². The maximum atomic E-state index is 6.29. The van der Waals surface area contributed by atoms with Crippen molar-refractivity contribution >= 4 is 27.5 Å². The first-order chi connectivity index (χ1) is 9.63. The molecule has 1 atom stereocenters. The number of ether oxygens (including phenoxy) is 1. The van der Waals surface area contributed by atoms with E-state index in [1.165, 1.54) is 0 Å². The van der Waals surface area contributed by atoms with E-state index in [1.807, 2.05) is 42.5 Å². The molecule has 0 radical (unpaired) electrons. The number of hydrogen-bond donors (Lipinski definition) is 1. The highest BCUT2D eigenvalue weighted by Crippen LogP contribution is 2.32. The van der Waals surface area contributed by atoms with Crippen molar-refractivity contribution in [3.63, 3.8) is 0 Å². The largest absolute Gasteiger partial charge is 0.492 e. The fraction of sp³-hybridized carbons (Fsp3) is 0.250. The van der Waals surface area contributed by atoms with Crippen LogP contribution in [-0.2, 0) is 0 Å². The topological polar surface area (TPSA) is 35.2 Å². The number of benzene rings is 2. The molecule has 2 aromatic rings. The van der Waals surface area contributed by atoms with Gasteiger partial charge in [0.05, 0.1) is 17.1 Å². The predicted octanol–water partition coefficient (Wildman–Crippen LogP) is 4.94. The van der Waals surface area contributed by atoms with E-state index in [0.29, 0.717) is 11.6 Å². The van der Waals surface area contributed by atoms with E-state index in [2.05, 4.69) is 22.9 Å². The monoisotopic (exact) mass is 353 g/mol. The Labute approximate surface area is 133 Å². The van der Waals surface area contributed by atoms with Crippen LogP contribution in [0.4, 0.5) is 0 Å². The van der Waals surface area contributed by atoms with Gasteiger partial charge in [0, 0.05) is 5.02 Å². The summed E-state index contributed by atoms with van der Waals surface area (Å²) in [5.41, 5.74) is 8.20. The molecule has 20 heavy (non-hydrogen) atoms. The fourth-order valence-corrected chi connectivity index (χ4v) is 2.71. The first-order valence-electron chi connectivity index (χ1n) is 6.55. The first-order valence-corrected chi connectivity index (χ1v) is 7.72. The Morgan fingerprint density at radius 1 is 1.25 bits per heavy atom. The third-order valence-corrected chi connectivity index (χ3v) is 3.98. The molecule has 0 amide bonds. The zero-order valence-corrected chi connectivity index (χ0v) is 13.6. The van der Waals surface area contributed by atoms with Crippen LogP contribution in [0.2, 0.25) is 5.02 Å². The van der Waals surface area contributed by atoms with E-state index in [4.69, 9.17) is 22.1 Å². The van der Waals surface area contributed by atoms with Gasteiger partial charge in [-0.05, 0) is 51.7 Å². The van der Waals surface area contributed by atoms with Crippen molar-refractivity contribution in [2.45, 2.75) is 19.4 Å². The Bertz CT molecular complexity index is 588. The van der Waals surface area contributed by atoms with E-state index in [0.717, 1.165) is 27.8 Å². The highest BCUT2D eigenvalue weighted by atomic mass is 79.9. The average Bonchev–Trinajstić information content (AvgIpc) is 2.46. The molecule has 1 unspecified atom stereocenters. The summed E-state index contributed by atoms with van der Waals surface area (Å²) in [6.07, 6.45) is 0.979. The van der Waals surface area contributed by atoms with Crippen LogP contribution < -0.4 is 10.5 Å². The number of hydrogen-bond acceptors (Lipinski definition) is 2. The second kappa shape index (κ2) is 7.11. The molecule has 0 bridgehead atoms. The van der Waals surface area contributed by atoms with Gasteiger partial charge in [-0.25, -0.2) is 0 Å². The van der Waals surface area contributed by atoms with E-state index < -0.39 is 0 Å². The molecule has 0 aliphatic rings. The molecule has 0 aromatic heterocycles. The minimum absolute atomic E-state index is 0.250. The number of rotatable bonds is 5. The molecule has 2 rings (SSSR count). The minimum atomic E-state index is -0.250. The highest BCUT2D eigenvalue weighted by Gasteiger charge is 2.13. The molecule has 4 heteroatoms. The Kier molecular flexibility index (Phi) is 5.46. The van der Waals surface area contributed by atoms with E-state index in [1.54, 1.807) is 0 Å². The third-order valence-electron chi connectivity index (χ3n) is 3.02. The van der Waals surface area contributed by atoms with Gasteiger partial charge in [-0.1, -0.05) is 42.8 Å². The van der Waals surface area contributed by atoms with Gasteiger partial charge in [-0.3, -0.25) is 0 Å². The molecule has 2 N–H and O–H groups in total. The first kappa shape index (κ1) is 15.4. The molecular weight excluding hydrogens is 338 g/mol. The van der Waals surface area contributed by atoms with Crippen LogP contribution in [0, 0.1) is 0 Å². The smallest absolute Gasteiger partial charge is 0.133 e. The Morgan fingerprint density at radius 3 is 2.65 bits per heavy atom. The average molecular weight is 355 g/mol. The van der Waals surface area contributed by atoms with Crippen molar-refractivity contribution in [1.29, 1.82) is 0 Å². The lowest BCUT2D eigenvalue weighted by molar-refractivity contribution is 0.315. The van der Waals surface area contributed by atoms with Crippen molar-refractivity contribution < 1.29 is 4.74 Å². The molecule has 0 fully saturated rings. The van der Waals surface area contributed by atoms with Gasteiger partial charge in [-0.15, -0.1) is 0 Å². The van der Waals surface area contributed by atoms with Crippen LogP contribution in [-0.4, -0.2) is 6.61 Å². The van der Waals surface area contributed by atoms with Crippen LogP contribution in [0.1, 0.15) is 30.5 Å². The molecule has 0 heterocycles. The molecular formula is C16H17BrClNO. The minimum Gasteiger partial charge on any atom is -0.492 e. The van der Waals surface area contributed by atoms with Gasteiger partial charge in [0.2, 0.25) is 0 Å². The van der Waals surface area contributed by atoms with Gasteiger partial charge in [0.1, 0.15) is 5.75 Å². The van der Waals surface area contributed by atoms with Gasteiger partial charge >= 0.3 is 0 Å². The summed E-state index contributed by atoms with van der Waals surface area (Å²) in [4.78, 5) is 0. The van der Waals surface area contributed by atoms with Crippen molar-refractivity contribution in [1.82, 2.24) is 0 Å². The highest BCUT2D eigenvalue weighted by molar-refractivity contribution is 9.10. The lowest BCUT2D eigenvalue weighted by atomic mass is 9.99. The van der Waals surface area contributed by atoms with Crippen molar-refractivity contribution in [3.05, 3.63) is 63.1 Å². The van der Waals surface area contributed by atoms with Crippen LogP contribution in [0.15, 0.2) is 46.9 Å². The predicted molar refractivity (Wildman–Crippen MR) is 87.4 cm³/mol. The Hall–Kier alpha value is -1.03. The number of nitrogens with two attached hydrogens (primary N) is 1. The molecule has 0 aliphatic carbocycles. The lowest BCUT2D eigenvalue weighted by Crippen LogP contribution is -2.12. The molecule has 0 spiro atoms. The fourth-order valence-electron chi connectivity index (χ4n) is 1.95. The second-order valence-electron chi connectivity index (χ2n) is 4.54. The quantitative estimate of drug-likeness (QED) is 0.825. The van der Waals surface area contributed by atoms with Crippen LogP contribution in [0.3, 0.4) is 0 Å². The number of halogens is 2. The Morgan fingerprint density at radius 2 is 2.00 bits per heavy atom. The molecule has 0 aliphatic heterocycles. The normalized spacial score (nSPS) is 12.2. The summed E-state index contributed by atoms with van der Waals surface area (Å²) < 4.78 is 6.54. The molecule has 106 valence electrons.